The first kappa shape index (κ1) is 14.7. The Kier molecular flexibility index (Phi) is 5.68. The van der Waals surface area contributed by atoms with Crippen LogP contribution in [0.2, 0.25) is 0 Å². The van der Waals surface area contributed by atoms with Crippen LogP contribution in [-0.2, 0) is 6.54 Å². The van der Waals surface area contributed by atoms with E-state index in [1.54, 1.807) is 12.1 Å². The van der Waals surface area contributed by atoms with E-state index in [1.807, 2.05) is 6.21 Å². The molecule has 1 aromatic rings. The highest BCUT2D eigenvalue weighted by Crippen LogP contribution is 2.15. The van der Waals surface area contributed by atoms with Crippen LogP contribution in [0, 0.1) is 11.7 Å². The Labute approximate surface area is 124 Å². The van der Waals surface area contributed by atoms with E-state index in [1.165, 1.54) is 12.1 Å². The topological polar surface area (TPSA) is 36.4 Å². The van der Waals surface area contributed by atoms with Crippen molar-refractivity contribution in [1.82, 2.24) is 10.7 Å². The van der Waals surface area contributed by atoms with Crippen molar-refractivity contribution in [1.29, 1.82) is 0 Å². The van der Waals surface area contributed by atoms with Crippen LogP contribution in [0.25, 0.3) is 0 Å². The van der Waals surface area contributed by atoms with Crippen LogP contribution in [0.1, 0.15) is 24.8 Å². The van der Waals surface area contributed by atoms with Crippen molar-refractivity contribution in [2.75, 3.05) is 0 Å². The van der Waals surface area contributed by atoms with Gasteiger partial charge in [0.25, 0.3) is 0 Å². The molecule has 0 spiro atoms. The fraction of sp³-hybridized carbons (Fsp3) is 0.333. The molecule has 1 aliphatic rings. The van der Waals surface area contributed by atoms with Gasteiger partial charge in [0.05, 0.1) is 0 Å². The van der Waals surface area contributed by atoms with Crippen LogP contribution in [0.5, 0.6) is 0 Å². The Bertz CT molecular complexity index is 496. The predicted octanol–water partition coefficient (Wildman–Crippen LogP) is 3.13. The van der Waals surface area contributed by atoms with E-state index in [0.717, 1.165) is 24.8 Å². The summed E-state index contributed by atoms with van der Waals surface area (Å²) < 4.78 is 12.7. The van der Waals surface area contributed by atoms with Gasteiger partial charge in [-0.2, -0.15) is 5.10 Å². The Morgan fingerprint density at radius 3 is 2.85 bits per heavy atom. The number of thiocarbonyl (C=S) groups is 1. The molecule has 106 valence electrons. The van der Waals surface area contributed by atoms with Gasteiger partial charge in [-0.1, -0.05) is 24.3 Å². The molecule has 3 nitrogen and oxygen atoms in total. The molecule has 0 saturated carbocycles. The Morgan fingerprint density at radius 1 is 1.35 bits per heavy atom. The van der Waals surface area contributed by atoms with Crippen molar-refractivity contribution in [2.24, 2.45) is 11.0 Å². The molecule has 1 atom stereocenters. The predicted molar refractivity (Wildman–Crippen MR) is 83.9 cm³/mol. The zero-order chi connectivity index (χ0) is 14.2. The summed E-state index contributed by atoms with van der Waals surface area (Å²) in [6.45, 7) is 0.549. The molecule has 0 aromatic heterocycles. The SMILES string of the molecule is Fc1ccc(CNC(=S)N/N=C\[C@H]2CC=CCC2)cc1. The van der Waals surface area contributed by atoms with Gasteiger partial charge in [0.2, 0.25) is 0 Å². The highest BCUT2D eigenvalue weighted by Gasteiger charge is 2.06. The normalized spacial score (nSPS) is 18.1. The molecule has 0 aliphatic heterocycles. The molecule has 0 fully saturated rings. The lowest BCUT2D eigenvalue weighted by molar-refractivity contribution is 0.624. The first-order chi connectivity index (χ1) is 9.74. The van der Waals surface area contributed by atoms with E-state index in [2.05, 4.69) is 28.0 Å². The third-order valence-electron chi connectivity index (χ3n) is 3.13. The molecule has 0 heterocycles. The number of halogens is 1. The van der Waals surface area contributed by atoms with Gasteiger partial charge in [-0.3, -0.25) is 5.43 Å². The van der Waals surface area contributed by atoms with Crippen LogP contribution < -0.4 is 10.7 Å². The molecule has 0 bridgehead atoms. The van der Waals surface area contributed by atoms with Crippen molar-refractivity contribution in [2.45, 2.75) is 25.8 Å². The number of hydrogen-bond donors (Lipinski definition) is 2. The van der Waals surface area contributed by atoms with Crippen molar-refractivity contribution in [3.63, 3.8) is 0 Å². The summed E-state index contributed by atoms with van der Waals surface area (Å²) >= 11 is 5.12. The first-order valence-electron chi connectivity index (χ1n) is 6.70. The molecule has 0 amide bonds. The largest absolute Gasteiger partial charge is 0.357 e. The lowest BCUT2D eigenvalue weighted by Crippen LogP contribution is -2.31. The summed E-state index contributed by atoms with van der Waals surface area (Å²) in [4.78, 5) is 0. The van der Waals surface area contributed by atoms with Gasteiger partial charge >= 0.3 is 0 Å². The van der Waals surface area contributed by atoms with E-state index >= 15 is 0 Å². The number of hydrazone groups is 1. The standard InChI is InChI=1S/C15H18FN3S/c16-14-8-6-13(7-9-14)10-17-15(20)19-18-11-12-4-2-1-3-5-12/h1-2,6-9,11-12H,3-5,10H2,(H2,17,19,20)/b18-11-/t12-/m0/s1. The summed E-state index contributed by atoms with van der Waals surface area (Å²) in [7, 11) is 0. The minimum absolute atomic E-state index is 0.236. The molecule has 1 aliphatic carbocycles. The summed E-state index contributed by atoms with van der Waals surface area (Å²) in [6.07, 6.45) is 9.59. The summed E-state index contributed by atoms with van der Waals surface area (Å²) in [5.74, 6) is 0.257. The second kappa shape index (κ2) is 7.75. The number of allylic oxidation sites excluding steroid dienone is 2. The second-order valence-corrected chi connectivity index (χ2v) is 5.15. The highest BCUT2D eigenvalue weighted by atomic mass is 32.1. The molecule has 1 aromatic carbocycles. The average molecular weight is 291 g/mol. The second-order valence-electron chi connectivity index (χ2n) is 4.74. The summed E-state index contributed by atoms with van der Waals surface area (Å²) in [5.41, 5.74) is 3.77. The molecule has 0 unspecified atom stereocenters. The van der Waals surface area contributed by atoms with Gasteiger partial charge in [-0.25, -0.2) is 4.39 Å². The zero-order valence-electron chi connectivity index (χ0n) is 11.2. The Morgan fingerprint density at radius 2 is 2.15 bits per heavy atom. The van der Waals surface area contributed by atoms with Crippen molar-refractivity contribution in [3.8, 4) is 0 Å². The lowest BCUT2D eigenvalue weighted by atomic mass is 9.96. The molecular weight excluding hydrogens is 273 g/mol. The van der Waals surface area contributed by atoms with Gasteiger partial charge in [-0.05, 0) is 55.1 Å². The number of rotatable bonds is 4. The number of nitrogens with one attached hydrogen (secondary N) is 2. The van der Waals surface area contributed by atoms with E-state index in [-0.39, 0.29) is 5.82 Å². The van der Waals surface area contributed by atoms with Crippen LogP contribution in [0.15, 0.2) is 41.5 Å². The van der Waals surface area contributed by atoms with Crippen LogP contribution in [0.4, 0.5) is 4.39 Å². The maximum Gasteiger partial charge on any atom is 0.187 e. The van der Waals surface area contributed by atoms with Gasteiger partial charge in [0.1, 0.15) is 5.82 Å². The fourth-order valence-electron chi connectivity index (χ4n) is 1.98. The average Bonchev–Trinajstić information content (AvgIpc) is 2.48. The highest BCUT2D eigenvalue weighted by molar-refractivity contribution is 7.80. The number of hydrogen-bond acceptors (Lipinski definition) is 2. The van der Waals surface area contributed by atoms with Crippen molar-refractivity contribution in [3.05, 3.63) is 47.8 Å². The quantitative estimate of drug-likeness (QED) is 0.387. The maximum atomic E-state index is 12.7. The minimum atomic E-state index is -0.236. The molecule has 20 heavy (non-hydrogen) atoms. The Balaban J connectivity index is 1.68. The van der Waals surface area contributed by atoms with E-state index in [9.17, 15) is 4.39 Å². The van der Waals surface area contributed by atoms with E-state index in [0.29, 0.717) is 17.6 Å². The monoisotopic (exact) mass is 291 g/mol. The smallest absolute Gasteiger partial charge is 0.187 e. The van der Waals surface area contributed by atoms with Crippen molar-refractivity contribution >= 4 is 23.5 Å². The third kappa shape index (κ3) is 5.09. The summed E-state index contributed by atoms with van der Waals surface area (Å²) in [5, 5.41) is 7.64. The molecule has 0 radical (unpaired) electrons. The number of nitrogens with zero attached hydrogens (tertiary/aromatic N) is 1. The minimum Gasteiger partial charge on any atom is -0.357 e. The molecule has 2 rings (SSSR count). The number of benzene rings is 1. The summed E-state index contributed by atoms with van der Waals surface area (Å²) in [6, 6.07) is 6.32. The van der Waals surface area contributed by atoms with Crippen LogP contribution in [0.3, 0.4) is 0 Å². The molecule has 5 heteroatoms. The lowest BCUT2D eigenvalue weighted by Gasteiger charge is -2.12. The molecule has 2 N–H and O–H groups in total. The fourth-order valence-corrected chi connectivity index (χ4v) is 2.10. The molecular formula is C15H18FN3S. The van der Waals surface area contributed by atoms with Crippen LogP contribution >= 0.6 is 12.2 Å². The van der Waals surface area contributed by atoms with Crippen LogP contribution in [-0.4, -0.2) is 11.3 Å². The third-order valence-corrected chi connectivity index (χ3v) is 3.36. The van der Waals surface area contributed by atoms with Gasteiger partial charge in [0, 0.05) is 12.8 Å². The molecule has 0 saturated heterocycles. The Hall–Kier alpha value is -1.75. The zero-order valence-corrected chi connectivity index (χ0v) is 12.0. The van der Waals surface area contributed by atoms with Crippen molar-refractivity contribution < 1.29 is 4.39 Å². The first-order valence-corrected chi connectivity index (χ1v) is 7.11. The van der Waals surface area contributed by atoms with Gasteiger partial charge in [0.15, 0.2) is 5.11 Å². The van der Waals surface area contributed by atoms with Gasteiger partial charge < -0.3 is 5.32 Å². The maximum absolute atomic E-state index is 12.7. The van der Waals surface area contributed by atoms with Gasteiger partial charge in [-0.15, -0.1) is 0 Å². The van der Waals surface area contributed by atoms with E-state index < -0.39 is 0 Å². The van der Waals surface area contributed by atoms with E-state index in [4.69, 9.17) is 12.2 Å².